The van der Waals surface area contributed by atoms with E-state index in [1.54, 1.807) is 0 Å². The van der Waals surface area contributed by atoms with E-state index in [-0.39, 0.29) is 0 Å². The highest BCUT2D eigenvalue weighted by molar-refractivity contribution is 6.10. The molecule has 8 aromatic rings. The van der Waals surface area contributed by atoms with Crippen molar-refractivity contribution in [2.24, 2.45) is 0 Å². The van der Waals surface area contributed by atoms with E-state index in [1.165, 1.54) is 27.1 Å². The lowest BCUT2D eigenvalue weighted by atomic mass is 10.1. The summed E-state index contributed by atoms with van der Waals surface area (Å²) in [4.78, 5) is 9.67. The molecule has 0 saturated carbocycles. The third-order valence-corrected chi connectivity index (χ3v) is 8.04. The van der Waals surface area contributed by atoms with Crippen LogP contribution >= 0.6 is 0 Å². The summed E-state index contributed by atoms with van der Waals surface area (Å²) in [5.74, 6) is 1.77. The van der Waals surface area contributed by atoms with Crippen molar-refractivity contribution in [3.63, 3.8) is 0 Å². The van der Waals surface area contributed by atoms with Crippen LogP contribution in [0.3, 0.4) is 0 Å². The maximum absolute atomic E-state index is 4.85. The Morgan fingerprint density at radius 1 is 0.537 bits per heavy atom. The van der Waals surface area contributed by atoms with Gasteiger partial charge in [0.15, 0.2) is 0 Å². The van der Waals surface area contributed by atoms with Gasteiger partial charge in [-0.2, -0.15) is 0 Å². The molecular weight excluding hydrogens is 500 g/mol. The summed E-state index contributed by atoms with van der Waals surface area (Å²) in [6.07, 6.45) is 5.69. The van der Waals surface area contributed by atoms with Crippen molar-refractivity contribution in [1.29, 1.82) is 0 Å². The summed E-state index contributed by atoms with van der Waals surface area (Å²) in [5.41, 5.74) is 9.07. The Morgan fingerprint density at radius 3 is 1.63 bits per heavy atom. The topological polar surface area (TPSA) is 35.6 Å². The Labute approximate surface area is 237 Å². The molecule has 8 rings (SSSR count). The van der Waals surface area contributed by atoms with Crippen molar-refractivity contribution in [2.45, 2.75) is 6.92 Å². The highest BCUT2D eigenvalue weighted by atomic mass is 15.1. The average molecular weight is 527 g/mol. The fourth-order valence-electron chi connectivity index (χ4n) is 6.14. The molecule has 4 aromatic carbocycles. The van der Waals surface area contributed by atoms with Crippen LogP contribution in [-0.4, -0.2) is 19.1 Å². The van der Waals surface area contributed by atoms with Crippen LogP contribution < -0.4 is 0 Å². The predicted molar refractivity (Wildman–Crippen MR) is 171 cm³/mol. The highest BCUT2D eigenvalue weighted by Gasteiger charge is 2.16. The summed E-state index contributed by atoms with van der Waals surface area (Å²) < 4.78 is 4.51. The molecule has 0 aliphatic rings. The fourth-order valence-corrected chi connectivity index (χ4v) is 6.14. The van der Waals surface area contributed by atoms with Gasteiger partial charge in [-0.25, -0.2) is 9.97 Å². The first-order valence-corrected chi connectivity index (χ1v) is 13.8. The number of aromatic nitrogens is 4. The second-order valence-corrected chi connectivity index (χ2v) is 10.5. The molecule has 0 fully saturated rings. The quantitative estimate of drug-likeness (QED) is 0.229. The van der Waals surface area contributed by atoms with Gasteiger partial charge in [-0.3, -0.25) is 9.13 Å². The zero-order valence-corrected chi connectivity index (χ0v) is 22.6. The van der Waals surface area contributed by atoms with E-state index in [1.807, 2.05) is 18.5 Å². The molecule has 0 aliphatic heterocycles. The number of hydrogen-bond donors (Lipinski definition) is 0. The zero-order chi connectivity index (χ0) is 27.5. The van der Waals surface area contributed by atoms with Crippen molar-refractivity contribution >= 4 is 49.7 Å². The first-order chi connectivity index (χ1) is 20.2. The van der Waals surface area contributed by atoms with Gasteiger partial charge in [0, 0.05) is 33.9 Å². The van der Waals surface area contributed by atoms with Gasteiger partial charge in [0.2, 0.25) is 0 Å². The van der Waals surface area contributed by atoms with Crippen LogP contribution in [0.2, 0.25) is 0 Å². The largest absolute Gasteiger partial charge is 0.294 e. The first kappa shape index (κ1) is 23.4. The van der Waals surface area contributed by atoms with E-state index >= 15 is 0 Å². The molecule has 0 bridgehead atoms. The van der Waals surface area contributed by atoms with Crippen molar-refractivity contribution in [3.8, 4) is 22.8 Å². The van der Waals surface area contributed by atoms with Gasteiger partial charge in [0.05, 0.1) is 22.1 Å². The maximum atomic E-state index is 4.85. The number of aryl methyl sites for hydroxylation is 1. The molecule has 0 aliphatic carbocycles. The number of rotatable bonds is 4. The van der Waals surface area contributed by atoms with Crippen LogP contribution in [0.1, 0.15) is 11.1 Å². The lowest BCUT2D eigenvalue weighted by Crippen LogP contribution is -1.99. The number of benzene rings is 4. The number of para-hydroxylation sites is 2. The molecule has 4 aromatic heterocycles. The zero-order valence-electron chi connectivity index (χ0n) is 22.6. The molecule has 0 saturated heterocycles. The van der Waals surface area contributed by atoms with Crippen LogP contribution in [0.5, 0.6) is 0 Å². The summed E-state index contributed by atoms with van der Waals surface area (Å²) in [7, 11) is 0. The van der Waals surface area contributed by atoms with Crippen LogP contribution in [0.15, 0.2) is 128 Å². The summed E-state index contributed by atoms with van der Waals surface area (Å²) in [6, 6.07) is 38.6. The second-order valence-electron chi connectivity index (χ2n) is 10.5. The van der Waals surface area contributed by atoms with Gasteiger partial charge in [-0.1, -0.05) is 66.7 Å². The van der Waals surface area contributed by atoms with Crippen molar-refractivity contribution in [3.05, 3.63) is 139 Å². The lowest BCUT2D eigenvalue weighted by molar-refractivity contribution is 1.07. The standard InChI is InChI=1S/C37H26N4/c1-3-25-13-15-35-31(21-25)30-20-24(2)12-14-34(30)41(35)37-23-27(17-19-39-37)26-16-18-38-36(22-26)40-32-10-6-4-8-28(32)29-9-5-7-11-33(29)40/h3-23H,1H2,2H3. The van der Waals surface area contributed by atoms with Crippen molar-refractivity contribution in [1.82, 2.24) is 19.1 Å². The first-order valence-electron chi connectivity index (χ1n) is 13.8. The minimum atomic E-state index is 0.882. The molecule has 4 heteroatoms. The second kappa shape index (κ2) is 9.04. The molecule has 41 heavy (non-hydrogen) atoms. The number of nitrogens with zero attached hydrogens (tertiary/aromatic N) is 4. The summed E-state index contributed by atoms with van der Waals surface area (Å²) >= 11 is 0. The number of pyridine rings is 2. The van der Waals surface area contributed by atoms with E-state index in [0.717, 1.165) is 50.4 Å². The van der Waals surface area contributed by atoms with E-state index in [0.29, 0.717) is 0 Å². The molecule has 0 unspecified atom stereocenters. The third-order valence-electron chi connectivity index (χ3n) is 8.04. The van der Waals surface area contributed by atoms with Gasteiger partial charge in [0.1, 0.15) is 11.6 Å². The van der Waals surface area contributed by atoms with E-state index < -0.39 is 0 Å². The molecule has 4 heterocycles. The Hall–Kier alpha value is -5.48. The van der Waals surface area contributed by atoms with Crippen LogP contribution in [0.25, 0.3) is 72.5 Å². The summed E-state index contributed by atoms with van der Waals surface area (Å²) in [5, 5.41) is 4.87. The van der Waals surface area contributed by atoms with Crippen LogP contribution in [0, 0.1) is 6.92 Å². The predicted octanol–water partition coefficient (Wildman–Crippen LogP) is 9.29. The highest BCUT2D eigenvalue weighted by Crippen LogP contribution is 2.35. The number of hydrogen-bond acceptors (Lipinski definition) is 2. The molecular formula is C37H26N4. The van der Waals surface area contributed by atoms with Gasteiger partial charge < -0.3 is 0 Å². The molecule has 194 valence electrons. The Morgan fingerprint density at radius 2 is 1.05 bits per heavy atom. The average Bonchev–Trinajstić information content (AvgIpc) is 3.53. The van der Waals surface area contributed by atoms with Crippen LogP contribution in [0.4, 0.5) is 0 Å². The fraction of sp³-hybridized carbons (Fsp3) is 0.0270. The Kier molecular flexibility index (Phi) is 5.16. The molecule has 0 spiro atoms. The van der Waals surface area contributed by atoms with Gasteiger partial charge in [0.25, 0.3) is 0 Å². The molecule has 0 atom stereocenters. The molecule has 0 amide bonds. The van der Waals surface area contributed by atoms with Gasteiger partial charge in [-0.05, 0) is 84.3 Å². The molecule has 0 radical (unpaired) electrons. The Balaban J connectivity index is 1.31. The lowest BCUT2D eigenvalue weighted by Gasteiger charge is -2.11. The van der Waals surface area contributed by atoms with E-state index in [4.69, 9.17) is 9.97 Å². The van der Waals surface area contributed by atoms with E-state index in [9.17, 15) is 0 Å². The van der Waals surface area contributed by atoms with Gasteiger partial charge in [-0.15, -0.1) is 0 Å². The normalized spacial score (nSPS) is 11.6. The number of fused-ring (bicyclic) bond motifs is 6. The Bertz CT molecular complexity index is 2250. The monoisotopic (exact) mass is 526 g/mol. The molecule has 4 nitrogen and oxygen atoms in total. The minimum Gasteiger partial charge on any atom is -0.294 e. The van der Waals surface area contributed by atoms with Crippen LogP contribution in [-0.2, 0) is 0 Å². The summed E-state index contributed by atoms with van der Waals surface area (Å²) in [6.45, 7) is 6.11. The van der Waals surface area contributed by atoms with Gasteiger partial charge >= 0.3 is 0 Å². The van der Waals surface area contributed by atoms with Crippen molar-refractivity contribution < 1.29 is 0 Å². The molecule has 0 N–H and O–H groups in total. The third kappa shape index (κ3) is 3.61. The minimum absolute atomic E-state index is 0.882. The van der Waals surface area contributed by atoms with Crippen molar-refractivity contribution in [2.75, 3.05) is 0 Å². The SMILES string of the molecule is C=Cc1ccc2c(c1)c1cc(C)ccc1n2-c1cc(-c2ccnc(-n3c4ccccc4c4ccccc43)c2)ccn1. The maximum Gasteiger partial charge on any atom is 0.138 e. The van der Waals surface area contributed by atoms with E-state index in [2.05, 4.69) is 132 Å². The smallest absolute Gasteiger partial charge is 0.138 e.